The molecule has 36 heavy (non-hydrogen) atoms. The fourth-order valence-corrected chi connectivity index (χ4v) is 7.05. The van der Waals surface area contributed by atoms with E-state index in [1.165, 1.54) is 22.3 Å². The summed E-state index contributed by atoms with van der Waals surface area (Å²) in [6.07, 6.45) is 2.26. The first-order chi connectivity index (χ1) is 16.9. The van der Waals surface area contributed by atoms with Crippen LogP contribution in [-0.2, 0) is 21.2 Å². The van der Waals surface area contributed by atoms with Gasteiger partial charge in [-0.05, 0) is 66.1 Å². The van der Waals surface area contributed by atoms with Gasteiger partial charge in [0.1, 0.15) is 6.04 Å². The Morgan fingerprint density at radius 1 is 1.22 bits per heavy atom. The van der Waals surface area contributed by atoms with Gasteiger partial charge in [0.25, 0.3) is 0 Å². The van der Waals surface area contributed by atoms with E-state index in [4.69, 9.17) is 11.6 Å². The summed E-state index contributed by atoms with van der Waals surface area (Å²) in [5.41, 5.74) is 2.36. The zero-order valence-electron chi connectivity index (χ0n) is 20.4. The van der Waals surface area contributed by atoms with Crippen molar-refractivity contribution in [1.82, 2.24) is 9.62 Å². The Morgan fingerprint density at radius 3 is 2.61 bits per heavy atom. The first-order valence-electron chi connectivity index (χ1n) is 11.8. The van der Waals surface area contributed by atoms with Crippen molar-refractivity contribution >= 4 is 56.7 Å². The Hall–Kier alpha value is -2.40. The quantitative estimate of drug-likeness (QED) is 0.537. The summed E-state index contributed by atoms with van der Waals surface area (Å²) in [5.74, 6) is -0.306. The fraction of sp³-hybridized carbons (Fsp3) is 0.440. The Balaban J connectivity index is 1.53. The number of amides is 2. The lowest BCUT2D eigenvalue weighted by Gasteiger charge is -2.38. The number of anilines is 1. The molecule has 11 heteroatoms. The van der Waals surface area contributed by atoms with Crippen molar-refractivity contribution in [2.75, 3.05) is 18.0 Å². The molecule has 0 bridgehead atoms. The van der Waals surface area contributed by atoms with E-state index in [0.29, 0.717) is 47.3 Å². The van der Waals surface area contributed by atoms with Gasteiger partial charge < -0.3 is 14.9 Å². The first kappa shape index (κ1) is 26.7. The van der Waals surface area contributed by atoms with Crippen LogP contribution in [0, 0.1) is 5.41 Å². The van der Waals surface area contributed by atoms with Gasteiger partial charge in [-0.1, -0.05) is 38.4 Å². The molecule has 8 nitrogen and oxygen atoms in total. The molecule has 0 saturated carbocycles. The van der Waals surface area contributed by atoms with Crippen molar-refractivity contribution in [3.8, 4) is 0 Å². The zero-order chi connectivity index (χ0) is 26.3. The Bertz CT molecular complexity index is 1300. The molecule has 1 saturated heterocycles. The molecular formula is C25H30ClN3O5S2. The molecule has 0 spiro atoms. The van der Waals surface area contributed by atoms with Gasteiger partial charge in [0, 0.05) is 29.1 Å². The maximum atomic E-state index is 13.1. The van der Waals surface area contributed by atoms with E-state index in [0.717, 1.165) is 16.5 Å². The number of rotatable bonds is 5. The van der Waals surface area contributed by atoms with Crippen LogP contribution in [0.15, 0.2) is 35.7 Å². The molecule has 2 N–H and O–H groups in total. The number of hydrogen-bond donors (Lipinski definition) is 2. The monoisotopic (exact) mass is 551 g/mol. The Labute approximate surface area is 220 Å². The van der Waals surface area contributed by atoms with Crippen molar-refractivity contribution in [2.45, 2.75) is 52.1 Å². The number of halogens is 1. The van der Waals surface area contributed by atoms with E-state index >= 15 is 0 Å². The largest absolute Gasteiger partial charge is 0.465 e. The normalized spacial score (nSPS) is 21.2. The molecule has 0 aliphatic carbocycles. The van der Waals surface area contributed by atoms with Gasteiger partial charge in [0.15, 0.2) is 0 Å². The zero-order valence-corrected chi connectivity index (χ0v) is 22.8. The van der Waals surface area contributed by atoms with Crippen LogP contribution >= 0.6 is 22.9 Å². The van der Waals surface area contributed by atoms with Crippen molar-refractivity contribution < 1.29 is 23.1 Å². The summed E-state index contributed by atoms with van der Waals surface area (Å²) in [6, 6.07) is 7.96. The third kappa shape index (κ3) is 5.77. The number of benzene rings is 1. The van der Waals surface area contributed by atoms with Crippen LogP contribution in [0.1, 0.15) is 55.7 Å². The summed E-state index contributed by atoms with van der Waals surface area (Å²) in [4.78, 5) is 28.9. The molecule has 2 aliphatic heterocycles. The minimum atomic E-state index is -3.83. The number of thiophene rings is 1. The summed E-state index contributed by atoms with van der Waals surface area (Å²) >= 11 is 7.15. The Morgan fingerprint density at radius 2 is 1.97 bits per heavy atom. The van der Waals surface area contributed by atoms with Crippen molar-refractivity contribution in [3.63, 3.8) is 0 Å². The molecule has 4 rings (SSSR count). The van der Waals surface area contributed by atoms with E-state index in [9.17, 15) is 23.1 Å². The SMILES string of the molecule is CC(C)(C)C1c2ccc(N3CC[C@H](NS(=O)(=O)/C=C/c4ccc(Cl)s4)C3=O)cc2CCCN1C(=O)O. The topological polar surface area (TPSA) is 107 Å². The van der Waals surface area contributed by atoms with Gasteiger partial charge in [-0.3, -0.25) is 4.79 Å². The minimum Gasteiger partial charge on any atom is -0.465 e. The second-order valence-corrected chi connectivity index (χ2v) is 13.5. The number of nitrogens with one attached hydrogen (secondary N) is 1. The molecule has 0 radical (unpaired) electrons. The molecule has 1 unspecified atom stereocenters. The number of carbonyl (C=O) groups is 2. The highest BCUT2D eigenvalue weighted by Crippen LogP contribution is 2.42. The summed E-state index contributed by atoms with van der Waals surface area (Å²) in [5, 5.41) is 10.9. The number of carboxylic acid groups (broad SMARTS) is 1. The predicted molar refractivity (Wildman–Crippen MR) is 143 cm³/mol. The lowest BCUT2D eigenvalue weighted by atomic mass is 9.80. The molecule has 2 aliphatic rings. The molecule has 2 aromatic rings. The second-order valence-electron chi connectivity index (χ2n) is 10.2. The van der Waals surface area contributed by atoms with Crippen molar-refractivity contribution in [1.29, 1.82) is 0 Å². The van der Waals surface area contributed by atoms with Crippen LogP contribution in [0.3, 0.4) is 0 Å². The average molecular weight is 552 g/mol. The summed E-state index contributed by atoms with van der Waals surface area (Å²) in [6.45, 7) is 6.91. The molecule has 194 valence electrons. The minimum absolute atomic E-state index is 0.305. The van der Waals surface area contributed by atoms with Gasteiger partial charge in [0.2, 0.25) is 15.9 Å². The van der Waals surface area contributed by atoms with E-state index in [1.54, 1.807) is 17.0 Å². The van der Waals surface area contributed by atoms with Gasteiger partial charge in [-0.25, -0.2) is 13.2 Å². The number of sulfonamides is 1. The average Bonchev–Trinajstić information content (AvgIpc) is 3.29. The lowest BCUT2D eigenvalue weighted by molar-refractivity contribution is -0.118. The van der Waals surface area contributed by atoms with Crippen molar-refractivity contribution in [3.05, 3.63) is 56.1 Å². The number of nitrogens with zero attached hydrogens (tertiary/aromatic N) is 2. The lowest BCUT2D eigenvalue weighted by Crippen LogP contribution is -2.41. The maximum absolute atomic E-state index is 13.1. The van der Waals surface area contributed by atoms with Gasteiger partial charge in [-0.2, -0.15) is 4.72 Å². The molecule has 2 atom stereocenters. The van der Waals surface area contributed by atoms with Crippen LogP contribution < -0.4 is 9.62 Å². The smallest absolute Gasteiger partial charge is 0.407 e. The summed E-state index contributed by atoms with van der Waals surface area (Å²) < 4.78 is 28.2. The van der Waals surface area contributed by atoms with Gasteiger partial charge in [0.05, 0.1) is 10.4 Å². The number of fused-ring (bicyclic) bond motifs is 1. The van der Waals surface area contributed by atoms with E-state index in [-0.39, 0.29) is 17.4 Å². The van der Waals surface area contributed by atoms with E-state index in [2.05, 4.69) is 4.72 Å². The van der Waals surface area contributed by atoms with E-state index < -0.39 is 22.2 Å². The predicted octanol–water partition coefficient (Wildman–Crippen LogP) is 5.11. The molecule has 1 aromatic heterocycles. The van der Waals surface area contributed by atoms with Crippen LogP contribution in [0.2, 0.25) is 4.34 Å². The van der Waals surface area contributed by atoms with E-state index in [1.807, 2.05) is 39.0 Å². The third-order valence-corrected chi connectivity index (χ3v) is 8.78. The van der Waals surface area contributed by atoms with Crippen LogP contribution in [0.4, 0.5) is 10.5 Å². The van der Waals surface area contributed by atoms with Crippen LogP contribution in [0.5, 0.6) is 0 Å². The highest BCUT2D eigenvalue weighted by molar-refractivity contribution is 7.92. The third-order valence-electron chi connectivity index (χ3n) is 6.47. The van der Waals surface area contributed by atoms with Crippen LogP contribution in [-0.4, -0.2) is 49.6 Å². The standard InChI is InChI=1S/C25H30ClN3O5S2/c1-25(2,3)22-19-8-6-17(15-16(19)5-4-12-29(22)24(31)32)28-13-10-20(23(28)30)27-36(33,34)14-11-18-7-9-21(26)35-18/h6-9,11,14-15,20,22,27H,4-5,10,12-13H2,1-3H3,(H,31,32)/b14-11+/t20-,22?/m0/s1. The first-order valence-corrected chi connectivity index (χ1v) is 14.5. The molecular weight excluding hydrogens is 522 g/mol. The number of hydrogen-bond acceptors (Lipinski definition) is 5. The van der Waals surface area contributed by atoms with Crippen molar-refractivity contribution in [2.24, 2.45) is 5.41 Å². The summed E-state index contributed by atoms with van der Waals surface area (Å²) in [7, 11) is -3.83. The number of carbonyl (C=O) groups excluding carboxylic acids is 1. The molecule has 1 fully saturated rings. The molecule has 2 amide bonds. The highest BCUT2D eigenvalue weighted by atomic mass is 35.5. The fourth-order valence-electron chi connectivity index (χ4n) is 4.98. The Kier molecular flexibility index (Phi) is 7.52. The second kappa shape index (κ2) is 10.2. The molecule has 3 heterocycles. The highest BCUT2D eigenvalue weighted by Gasteiger charge is 2.39. The van der Waals surface area contributed by atoms with Crippen LogP contribution in [0.25, 0.3) is 6.08 Å². The maximum Gasteiger partial charge on any atom is 0.407 e. The number of aryl methyl sites for hydroxylation is 1. The van der Waals surface area contributed by atoms with Gasteiger partial charge >= 0.3 is 6.09 Å². The molecule has 1 aromatic carbocycles. The van der Waals surface area contributed by atoms with Gasteiger partial charge in [-0.15, -0.1) is 11.3 Å².